The van der Waals surface area contributed by atoms with Crippen LogP contribution in [0.1, 0.15) is 49.4 Å². The van der Waals surface area contributed by atoms with E-state index in [0.29, 0.717) is 61.7 Å². The molecule has 1 saturated heterocycles. The van der Waals surface area contributed by atoms with Gasteiger partial charge in [-0.3, -0.25) is 9.00 Å². The summed E-state index contributed by atoms with van der Waals surface area (Å²) in [5.41, 5.74) is 4.13. The van der Waals surface area contributed by atoms with Crippen molar-refractivity contribution in [1.29, 1.82) is 0 Å². The lowest BCUT2D eigenvalue weighted by Gasteiger charge is -2.33. The van der Waals surface area contributed by atoms with E-state index >= 15 is 0 Å². The summed E-state index contributed by atoms with van der Waals surface area (Å²) in [6.45, 7) is 5.86. The number of para-hydroxylation sites is 2. The van der Waals surface area contributed by atoms with Crippen molar-refractivity contribution in [3.63, 3.8) is 0 Å². The van der Waals surface area contributed by atoms with Crippen LogP contribution in [0.4, 0.5) is 23.1 Å². The van der Waals surface area contributed by atoms with Gasteiger partial charge < -0.3 is 25.7 Å². The van der Waals surface area contributed by atoms with Crippen molar-refractivity contribution in [1.82, 2.24) is 9.97 Å². The second-order valence-electron chi connectivity index (χ2n) is 12.4. The Hall–Kier alpha value is -3.41. The normalized spacial score (nSPS) is 16.5. The molecule has 0 radical (unpaired) electrons. The van der Waals surface area contributed by atoms with E-state index in [1.165, 1.54) is 5.56 Å². The average Bonchev–Trinajstić information content (AvgIpc) is 3.47. The number of fused-ring (bicyclic) bond motifs is 1. The second kappa shape index (κ2) is 17.0. The van der Waals surface area contributed by atoms with E-state index in [0.717, 1.165) is 36.6 Å². The number of aliphatic hydroxyl groups is 1. The number of carboxylic acid groups (broad SMARTS) is 1. The molecule has 0 bridgehead atoms. The molecule has 2 atom stereocenters. The first-order valence-corrected chi connectivity index (χ1v) is 18.7. The van der Waals surface area contributed by atoms with Crippen molar-refractivity contribution < 1.29 is 19.2 Å². The lowest BCUT2D eigenvalue weighted by Crippen LogP contribution is -2.35. The molecular weight excluding hydrogens is 705 g/mol. The summed E-state index contributed by atoms with van der Waals surface area (Å²) < 4.78 is 12.5. The van der Waals surface area contributed by atoms with Gasteiger partial charge in [-0.05, 0) is 66.1 Å². The third kappa shape index (κ3) is 9.43. The number of aliphatic carboxylic acids is 1. The number of piperidine rings is 1. The van der Waals surface area contributed by atoms with Gasteiger partial charge in [0.05, 0.1) is 51.3 Å². The number of benzene rings is 3. The molecule has 3 aromatic carbocycles. The Labute approximate surface area is 304 Å². The highest BCUT2D eigenvalue weighted by atomic mass is 35.5. The predicted molar refractivity (Wildman–Crippen MR) is 200 cm³/mol. The summed E-state index contributed by atoms with van der Waals surface area (Å²) in [5, 5.41) is 26.8. The number of halogens is 3. The van der Waals surface area contributed by atoms with E-state index < -0.39 is 16.8 Å². The molecule has 1 aromatic heterocycles. The largest absolute Gasteiger partial charge is 0.481 e. The zero-order chi connectivity index (χ0) is 35.1. The number of rotatable bonds is 10. The molecule has 1 fully saturated rings. The van der Waals surface area contributed by atoms with Crippen LogP contribution in [-0.4, -0.2) is 61.9 Å². The fraction of sp³-hybridized carbons (Fsp3) is 0.361. The standard InChI is InChI=1S/C22H29ClN4O2S.C14H11Cl2NO2/c1-14(2)19(13-28)24-21-20-18(9-12-30(20)29)25-22(26-21)27-10-7-16(8-11-27)15-3-5-17(23)6-4-15;15-10-5-3-6-11(16)14(10)17-12-7-2-1-4-9(12)8-13(18)19/h3-6,14,16,19,28H,7-13H2,1-2H3,(H,24,25,26);1-7,17H,8H2,(H,18,19)/t19-,30?;/m0./s1. The van der Waals surface area contributed by atoms with Crippen LogP contribution in [-0.2, 0) is 28.4 Å². The zero-order valence-electron chi connectivity index (χ0n) is 27.3. The first-order valence-electron chi connectivity index (χ1n) is 16.2. The fourth-order valence-corrected chi connectivity index (χ4v) is 7.81. The van der Waals surface area contributed by atoms with Gasteiger partial charge in [0.25, 0.3) is 0 Å². The van der Waals surface area contributed by atoms with E-state index in [4.69, 9.17) is 49.9 Å². The third-order valence-electron chi connectivity index (χ3n) is 8.70. The summed E-state index contributed by atoms with van der Waals surface area (Å²) in [4.78, 5) is 23.3. The molecule has 0 spiro atoms. The molecule has 260 valence electrons. The Morgan fingerprint density at radius 1 is 0.980 bits per heavy atom. The number of carbonyl (C=O) groups is 1. The van der Waals surface area contributed by atoms with Crippen LogP contribution in [0.5, 0.6) is 0 Å². The van der Waals surface area contributed by atoms with Gasteiger partial charge in [0.2, 0.25) is 5.95 Å². The molecule has 2 aliphatic heterocycles. The summed E-state index contributed by atoms with van der Waals surface area (Å²) >= 11 is 18.2. The van der Waals surface area contributed by atoms with Crippen LogP contribution in [0.3, 0.4) is 0 Å². The maximum absolute atomic E-state index is 12.5. The molecule has 0 amide bonds. The molecule has 49 heavy (non-hydrogen) atoms. The van der Waals surface area contributed by atoms with Crippen molar-refractivity contribution in [2.24, 2.45) is 5.92 Å². The summed E-state index contributed by atoms with van der Waals surface area (Å²) in [6.07, 6.45) is 2.70. The molecule has 3 heterocycles. The van der Waals surface area contributed by atoms with Gasteiger partial charge in [-0.15, -0.1) is 0 Å². The molecule has 4 N–H and O–H groups in total. The van der Waals surface area contributed by atoms with Gasteiger partial charge in [-0.1, -0.05) is 85.0 Å². The number of nitrogens with one attached hydrogen (secondary N) is 2. The van der Waals surface area contributed by atoms with Gasteiger partial charge >= 0.3 is 5.97 Å². The van der Waals surface area contributed by atoms with Crippen LogP contribution in [0.2, 0.25) is 15.1 Å². The molecule has 1 unspecified atom stereocenters. The van der Waals surface area contributed by atoms with Crippen molar-refractivity contribution in [3.05, 3.63) is 98.6 Å². The number of aliphatic hydroxyl groups excluding tert-OH is 1. The molecule has 9 nitrogen and oxygen atoms in total. The van der Waals surface area contributed by atoms with Crippen LogP contribution in [0.25, 0.3) is 0 Å². The predicted octanol–water partition coefficient (Wildman–Crippen LogP) is 7.97. The third-order valence-corrected chi connectivity index (χ3v) is 11.0. The lowest BCUT2D eigenvalue weighted by atomic mass is 9.89. The van der Waals surface area contributed by atoms with Crippen molar-refractivity contribution >= 4 is 74.7 Å². The second-order valence-corrected chi connectivity index (χ2v) is 15.1. The minimum absolute atomic E-state index is 0.00486. The van der Waals surface area contributed by atoms with Gasteiger partial charge in [0.15, 0.2) is 0 Å². The van der Waals surface area contributed by atoms with Crippen LogP contribution in [0, 0.1) is 5.92 Å². The monoisotopic (exact) mass is 743 g/mol. The minimum Gasteiger partial charge on any atom is -0.481 e. The summed E-state index contributed by atoms with van der Waals surface area (Å²) in [5.74, 6) is 1.77. The first-order chi connectivity index (χ1) is 23.5. The van der Waals surface area contributed by atoms with Gasteiger partial charge in [-0.2, -0.15) is 4.98 Å². The van der Waals surface area contributed by atoms with E-state index in [9.17, 15) is 14.1 Å². The van der Waals surface area contributed by atoms with E-state index in [1.807, 2.05) is 18.2 Å². The Bertz CT molecular complexity index is 1770. The van der Waals surface area contributed by atoms with Gasteiger partial charge in [0.1, 0.15) is 10.7 Å². The zero-order valence-corrected chi connectivity index (χ0v) is 30.4. The topological polar surface area (TPSA) is 128 Å². The Morgan fingerprint density at radius 3 is 2.29 bits per heavy atom. The van der Waals surface area contributed by atoms with Crippen LogP contribution in [0.15, 0.2) is 71.6 Å². The molecular formula is C36H40Cl3N5O4S. The van der Waals surface area contributed by atoms with E-state index in [1.54, 1.807) is 36.4 Å². The minimum atomic E-state index is -1.09. The molecule has 13 heteroatoms. The highest BCUT2D eigenvalue weighted by Crippen LogP contribution is 2.35. The van der Waals surface area contributed by atoms with Crippen molar-refractivity contribution in [2.75, 3.05) is 41.0 Å². The van der Waals surface area contributed by atoms with Crippen LogP contribution >= 0.6 is 34.8 Å². The SMILES string of the molecule is CC(C)[C@H](CO)Nc1nc(N2CCC(c3ccc(Cl)cc3)CC2)nc2c1S(=O)CC2.O=C(O)Cc1ccccc1Nc1c(Cl)cccc1Cl. The summed E-state index contributed by atoms with van der Waals surface area (Å²) in [7, 11) is -1.09. The maximum atomic E-state index is 12.5. The Balaban J connectivity index is 0.000000212. The average molecular weight is 745 g/mol. The number of nitrogens with zero attached hydrogens (tertiary/aromatic N) is 3. The number of aromatic nitrogens is 2. The van der Waals surface area contributed by atoms with E-state index in [2.05, 4.69) is 41.5 Å². The molecule has 4 aromatic rings. The number of carboxylic acids is 1. The number of hydrogen-bond donors (Lipinski definition) is 4. The Morgan fingerprint density at radius 2 is 1.65 bits per heavy atom. The van der Waals surface area contributed by atoms with Gasteiger partial charge in [-0.25, -0.2) is 4.98 Å². The molecule has 6 rings (SSSR count). The highest BCUT2D eigenvalue weighted by molar-refractivity contribution is 7.85. The quantitative estimate of drug-likeness (QED) is 0.128. The fourth-order valence-electron chi connectivity index (χ4n) is 5.88. The maximum Gasteiger partial charge on any atom is 0.307 e. The summed E-state index contributed by atoms with van der Waals surface area (Å²) in [6, 6.07) is 20.3. The van der Waals surface area contributed by atoms with Gasteiger partial charge in [0, 0.05) is 36.0 Å². The Kier molecular flexibility index (Phi) is 12.8. The lowest BCUT2D eigenvalue weighted by molar-refractivity contribution is -0.136. The molecule has 0 saturated carbocycles. The number of anilines is 4. The number of hydrogen-bond acceptors (Lipinski definition) is 8. The molecule has 0 aliphatic carbocycles. The van der Waals surface area contributed by atoms with Crippen LogP contribution < -0.4 is 15.5 Å². The van der Waals surface area contributed by atoms with E-state index in [-0.39, 0.29) is 25.0 Å². The van der Waals surface area contributed by atoms with Crippen molar-refractivity contribution in [2.45, 2.75) is 56.4 Å². The molecule has 2 aliphatic rings. The van der Waals surface area contributed by atoms with Crippen molar-refractivity contribution in [3.8, 4) is 0 Å². The smallest absolute Gasteiger partial charge is 0.307 e. The first kappa shape index (κ1) is 36.9. The highest BCUT2D eigenvalue weighted by Gasteiger charge is 2.30. The number of aryl methyl sites for hydroxylation is 1.